The monoisotopic (exact) mass is 207 g/mol. The van der Waals surface area contributed by atoms with Gasteiger partial charge in [-0.15, -0.1) is 0 Å². The van der Waals surface area contributed by atoms with E-state index in [1.54, 1.807) is 0 Å². The fourth-order valence-corrected chi connectivity index (χ4v) is 2.09. The van der Waals surface area contributed by atoms with Gasteiger partial charge >= 0.3 is 0 Å². The first-order chi connectivity index (χ1) is 7.93. The van der Waals surface area contributed by atoms with Crippen LogP contribution in [0.5, 0.6) is 0 Å². The molecule has 0 aliphatic heterocycles. The lowest BCUT2D eigenvalue weighted by atomic mass is 9.97. The maximum atomic E-state index is 4.51. The molecule has 0 radical (unpaired) electrons. The van der Waals surface area contributed by atoms with E-state index in [0.29, 0.717) is 0 Å². The first-order valence-corrected chi connectivity index (χ1v) is 5.64. The van der Waals surface area contributed by atoms with Crippen LogP contribution in [-0.4, -0.2) is 4.98 Å². The Morgan fingerprint density at radius 3 is 2.81 bits per heavy atom. The zero-order valence-corrected chi connectivity index (χ0v) is 9.06. The maximum Gasteiger partial charge on any atom is 0.0705 e. The second-order valence-electron chi connectivity index (χ2n) is 4.08. The molecule has 16 heavy (non-hydrogen) atoms. The fraction of sp³-hybridized carbons (Fsp3) is 0.133. The summed E-state index contributed by atoms with van der Waals surface area (Å²) < 4.78 is 0. The van der Waals surface area contributed by atoms with Gasteiger partial charge in [0, 0.05) is 11.8 Å². The van der Waals surface area contributed by atoms with Crippen molar-refractivity contribution in [1.29, 1.82) is 0 Å². The number of aryl methyl sites for hydroxylation is 1. The van der Waals surface area contributed by atoms with Crippen molar-refractivity contribution >= 4 is 6.08 Å². The quantitative estimate of drug-likeness (QED) is 0.694. The Balaban J connectivity index is 2.07. The van der Waals surface area contributed by atoms with Gasteiger partial charge in [0.1, 0.15) is 0 Å². The predicted octanol–water partition coefficient (Wildman–Crippen LogP) is 3.71. The number of nitrogens with zero attached hydrogens (tertiary/aromatic N) is 1. The molecule has 1 nitrogen and oxygen atoms in total. The minimum Gasteiger partial charge on any atom is -0.256 e. The molecule has 0 unspecified atom stereocenters. The van der Waals surface area contributed by atoms with Crippen LogP contribution < -0.4 is 0 Å². The van der Waals surface area contributed by atoms with E-state index >= 15 is 0 Å². The van der Waals surface area contributed by atoms with Crippen LogP contribution in [0.15, 0.2) is 48.7 Å². The van der Waals surface area contributed by atoms with Gasteiger partial charge in [-0.3, -0.25) is 4.98 Å². The summed E-state index contributed by atoms with van der Waals surface area (Å²) >= 11 is 0. The van der Waals surface area contributed by atoms with E-state index in [0.717, 1.165) is 18.5 Å². The van der Waals surface area contributed by atoms with E-state index in [2.05, 4.69) is 47.5 Å². The van der Waals surface area contributed by atoms with Gasteiger partial charge in [-0.05, 0) is 30.0 Å². The van der Waals surface area contributed by atoms with E-state index in [-0.39, 0.29) is 0 Å². The van der Waals surface area contributed by atoms with Crippen LogP contribution >= 0.6 is 0 Å². The number of fused-ring (bicyclic) bond motifs is 1. The third kappa shape index (κ3) is 1.65. The Morgan fingerprint density at radius 2 is 1.94 bits per heavy atom. The van der Waals surface area contributed by atoms with Crippen LogP contribution in [0.3, 0.4) is 0 Å². The lowest BCUT2D eigenvalue weighted by molar-refractivity contribution is 0.978. The molecule has 1 aromatic carbocycles. The third-order valence-corrected chi connectivity index (χ3v) is 2.97. The minimum atomic E-state index is 1.08. The van der Waals surface area contributed by atoms with Gasteiger partial charge in [-0.1, -0.05) is 42.5 Å². The highest BCUT2D eigenvalue weighted by molar-refractivity contribution is 5.64. The summed E-state index contributed by atoms with van der Waals surface area (Å²) in [5.74, 6) is 0. The fourth-order valence-electron chi connectivity index (χ4n) is 2.09. The van der Waals surface area contributed by atoms with E-state index in [4.69, 9.17) is 0 Å². The summed E-state index contributed by atoms with van der Waals surface area (Å²) in [5, 5.41) is 0. The third-order valence-electron chi connectivity index (χ3n) is 2.97. The van der Waals surface area contributed by atoms with Gasteiger partial charge in [0.2, 0.25) is 0 Å². The largest absolute Gasteiger partial charge is 0.256 e. The minimum absolute atomic E-state index is 1.08. The smallest absolute Gasteiger partial charge is 0.0705 e. The molecule has 0 saturated heterocycles. The van der Waals surface area contributed by atoms with Crippen LogP contribution in [-0.2, 0) is 6.42 Å². The van der Waals surface area contributed by atoms with Crippen LogP contribution in [0.25, 0.3) is 17.3 Å². The molecule has 1 aromatic heterocycles. The highest BCUT2D eigenvalue weighted by Gasteiger charge is 2.07. The van der Waals surface area contributed by atoms with Gasteiger partial charge in [-0.2, -0.15) is 0 Å². The molecule has 1 aliphatic carbocycles. The maximum absolute atomic E-state index is 4.51. The van der Waals surface area contributed by atoms with Crippen molar-refractivity contribution in [3.63, 3.8) is 0 Å². The van der Waals surface area contributed by atoms with Crippen molar-refractivity contribution in [1.82, 2.24) is 4.98 Å². The molecule has 0 amide bonds. The second kappa shape index (κ2) is 3.93. The van der Waals surface area contributed by atoms with E-state index in [9.17, 15) is 0 Å². The van der Waals surface area contributed by atoms with Crippen LogP contribution in [0.2, 0.25) is 0 Å². The number of allylic oxidation sites excluding steroid dienone is 1. The molecule has 2 aromatic rings. The highest BCUT2D eigenvalue weighted by Crippen LogP contribution is 2.23. The molecule has 1 heteroatoms. The Bertz CT molecular complexity index is 526. The van der Waals surface area contributed by atoms with Crippen LogP contribution in [0.1, 0.15) is 17.5 Å². The standard InChI is InChI=1S/C15H13N/c1-2-6-12(7-3-1)15-10-13-8-4-5-9-14(13)11-16-15/h1-3,5-7,9-11H,4,8H2. The van der Waals surface area contributed by atoms with Gasteiger partial charge in [0.15, 0.2) is 0 Å². The molecule has 3 rings (SSSR count). The SMILES string of the molecule is C1=Cc2cnc(-c3ccccc3)cc2CC1. The number of hydrogen-bond donors (Lipinski definition) is 0. The average molecular weight is 207 g/mol. The molecule has 1 heterocycles. The molecule has 0 saturated carbocycles. The predicted molar refractivity (Wildman–Crippen MR) is 67.0 cm³/mol. The number of hydrogen-bond acceptors (Lipinski definition) is 1. The zero-order chi connectivity index (χ0) is 10.8. The van der Waals surface area contributed by atoms with E-state index < -0.39 is 0 Å². The van der Waals surface area contributed by atoms with Gasteiger partial charge in [0.05, 0.1) is 5.69 Å². The van der Waals surface area contributed by atoms with Crippen molar-refractivity contribution in [2.45, 2.75) is 12.8 Å². The topological polar surface area (TPSA) is 12.9 Å². The van der Waals surface area contributed by atoms with Gasteiger partial charge in [0.25, 0.3) is 0 Å². The summed E-state index contributed by atoms with van der Waals surface area (Å²) in [4.78, 5) is 4.51. The molecule has 0 N–H and O–H groups in total. The van der Waals surface area contributed by atoms with Crippen molar-refractivity contribution in [2.75, 3.05) is 0 Å². The van der Waals surface area contributed by atoms with Crippen LogP contribution in [0, 0.1) is 0 Å². The van der Waals surface area contributed by atoms with Crippen molar-refractivity contribution < 1.29 is 0 Å². The molecular formula is C15H13N. The zero-order valence-electron chi connectivity index (χ0n) is 9.06. The van der Waals surface area contributed by atoms with E-state index in [1.807, 2.05) is 12.3 Å². The molecule has 0 atom stereocenters. The number of rotatable bonds is 1. The molecule has 0 spiro atoms. The summed E-state index contributed by atoms with van der Waals surface area (Å²) in [5.41, 5.74) is 4.96. The van der Waals surface area contributed by atoms with Crippen molar-refractivity contribution in [3.8, 4) is 11.3 Å². The van der Waals surface area contributed by atoms with Crippen molar-refractivity contribution in [2.24, 2.45) is 0 Å². The van der Waals surface area contributed by atoms with Crippen LogP contribution in [0.4, 0.5) is 0 Å². The Labute approximate surface area is 95.5 Å². The number of aromatic nitrogens is 1. The van der Waals surface area contributed by atoms with Gasteiger partial charge in [-0.25, -0.2) is 0 Å². The Hall–Kier alpha value is -1.89. The lowest BCUT2D eigenvalue weighted by Gasteiger charge is -2.11. The first-order valence-electron chi connectivity index (χ1n) is 5.64. The Morgan fingerprint density at radius 1 is 1.06 bits per heavy atom. The summed E-state index contributed by atoms with van der Waals surface area (Å²) in [6, 6.07) is 12.6. The average Bonchev–Trinajstić information content (AvgIpc) is 2.39. The Kier molecular flexibility index (Phi) is 2.30. The molecule has 0 bridgehead atoms. The molecule has 78 valence electrons. The van der Waals surface area contributed by atoms with Crippen molar-refractivity contribution in [3.05, 3.63) is 59.8 Å². The lowest BCUT2D eigenvalue weighted by Crippen LogP contribution is -1.96. The second-order valence-corrected chi connectivity index (χ2v) is 4.08. The first kappa shape index (κ1) is 9.34. The summed E-state index contributed by atoms with van der Waals surface area (Å²) in [6.45, 7) is 0. The molecule has 1 aliphatic rings. The summed E-state index contributed by atoms with van der Waals surface area (Å²) in [6.07, 6.45) is 8.64. The highest BCUT2D eigenvalue weighted by atomic mass is 14.7. The normalized spacial score (nSPS) is 13.5. The number of benzene rings is 1. The van der Waals surface area contributed by atoms with E-state index in [1.165, 1.54) is 16.7 Å². The number of pyridine rings is 1. The van der Waals surface area contributed by atoms with Gasteiger partial charge < -0.3 is 0 Å². The molecule has 0 fully saturated rings. The molecular weight excluding hydrogens is 194 g/mol. The summed E-state index contributed by atoms with van der Waals surface area (Å²) in [7, 11) is 0.